The third kappa shape index (κ3) is 3.11. The maximum absolute atomic E-state index is 12.3. The lowest BCUT2D eigenvalue weighted by Gasteiger charge is -2.15. The van der Waals surface area contributed by atoms with E-state index in [-0.39, 0.29) is 5.69 Å². The molecule has 0 radical (unpaired) electrons. The van der Waals surface area contributed by atoms with E-state index < -0.39 is 0 Å². The van der Waals surface area contributed by atoms with Crippen molar-refractivity contribution >= 4 is 15.9 Å². The summed E-state index contributed by atoms with van der Waals surface area (Å²) in [7, 11) is 1.59. The van der Waals surface area contributed by atoms with E-state index in [1.54, 1.807) is 7.05 Å². The first-order chi connectivity index (χ1) is 12.1. The van der Waals surface area contributed by atoms with Crippen LogP contribution in [0.2, 0.25) is 0 Å². The fourth-order valence-corrected chi connectivity index (χ4v) is 3.30. The van der Waals surface area contributed by atoms with Crippen molar-refractivity contribution in [3.05, 3.63) is 68.5 Å². The number of rotatable bonds is 5. The van der Waals surface area contributed by atoms with Crippen LogP contribution in [-0.2, 0) is 13.7 Å². The Morgan fingerprint density at radius 3 is 2.64 bits per heavy atom. The SMILES string of the molecule is Cn1nnn(-c2cccc(C3CC3)c2COc2ccccc2Br)c1=O. The van der Waals surface area contributed by atoms with Gasteiger partial charge in [0.2, 0.25) is 0 Å². The molecule has 6 nitrogen and oxygen atoms in total. The summed E-state index contributed by atoms with van der Waals surface area (Å²) in [4.78, 5) is 12.3. The highest BCUT2D eigenvalue weighted by atomic mass is 79.9. The summed E-state index contributed by atoms with van der Waals surface area (Å²) in [5.41, 5.74) is 2.68. The fraction of sp³-hybridized carbons (Fsp3) is 0.278. The van der Waals surface area contributed by atoms with Gasteiger partial charge in [0.25, 0.3) is 0 Å². The second kappa shape index (κ2) is 6.48. The zero-order chi connectivity index (χ0) is 17.4. The van der Waals surface area contributed by atoms with Crippen LogP contribution in [0.5, 0.6) is 5.75 Å². The first-order valence-corrected chi connectivity index (χ1v) is 8.93. The zero-order valence-electron chi connectivity index (χ0n) is 13.7. The van der Waals surface area contributed by atoms with Gasteiger partial charge in [-0.05, 0) is 68.9 Å². The summed E-state index contributed by atoms with van der Waals surface area (Å²) in [6.45, 7) is 0.369. The molecular formula is C18H17BrN4O2. The number of aryl methyl sites for hydroxylation is 1. The van der Waals surface area contributed by atoms with E-state index in [0.717, 1.165) is 21.5 Å². The summed E-state index contributed by atoms with van der Waals surface area (Å²) < 4.78 is 9.50. The highest BCUT2D eigenvalue weighted by Gasteiger charge is 2.28. The number of halogens is 1. The molecule has 2 aromatic carbocycles. The summed E-state index contributed by atoms with van der Waals surface area (Å²) >= 11 is 3.50. The number of aromatic nitrogens is 4. The summed E-state index contributed by atoms with van der Waals surface area (Å²) in [6, 6.07) is 13.7. The van der Waals surface area contributed by atoms with Gasteiger partial charge in [0.1, 0.15) is 12.4 Å². The van der Waals surface area contributed by atoms with Crippen molar-refractivity contribution in [3.63, 3.8) is 0 Å². The normalized spacial score (nSPS) is 13.8. The molecule has 1 saturated carbocycles. The van der Waals surface area contributed by atoms with Crippen LogP contribution in [0.4, 0.5) is 0 Å². The molecule has 0 atom stereocenters. The lowest BCUT2D eigenvalue weighted by Crippen LogP contribution is -2.23. The average molecular weight is 401 g/mol. The minimum absolute atomic E-state index is 0.268. The van der Waals surface area contributed by atoms with E-state index >= 15 is 0 Å². The fourth-order valence-electron chi connectivity index (χ4n) is 2.90. The van der Waals surface area contributed by atoms with Crippen molar-refractivity contribution in [1.29, 1.82) is 0 Å². The van der Waals surface area contributed by atoms with Crippen molar-refractivity contribution in [1.82, 2.24) is 19.8 Å². The van der Waals surface area contributed by atoms with Gasteiger partial charge in [0, 0.05) is 12.6 Å². The minimum Gasteiger partial charge on any atom is -0.488 e. The van der Waals surface area contributed by atoms with Crippen LogP contribution >= 0.6 is 15.9 Å². The average Bonchev–Trinajstić information content (AvgIpc) is 3.41. The van der Waals surface area contributed by atoms with Crippen molar-refractivity contribution in [2.24, 2.45) is 7.05 Å². The van der Waals surface area contributed by atoms with Crippen LogP contribution < -0.4 is 10.4 Å². The Bertz CT molecular complexity index is 975. The number of tetrazole rings is 1. The lowest BCUT2D eigenvalue weighted by molar-refractivity contribution is 0.302. The Labute approximate surface area is 153 Å². The molecule has 0 saturated heterocycles. The van der Waals surface area contributed by atoms with Crippen molar-refractivity contribution in [2.45, 2.75) is 25.4 Å². The Hall–Kier alpha value is -2.41. The van der Waals surface area contributed by atoms with Crippen LogP contribution in [0, 0.1) is 0 Å². The largest absolute Gasteiger partial charge is 0.488 e. The van der Waals surface area contributed by atoms with Gasteiger partial charge in [0.15, 0.2) is 0 Å². The summed E-state index contributed by atoms with van der Waals surface area (Å²) in [6.07, 6.45) is 2.34. The van der Waals surface area contributed by atoms with Gasteiger partial charge < -0.3 is 4.74 Å². The molecule has 3 aromatic rings. The quantitative estimate of drug-likeness (QED) is 0.659. The second-order valence-corrected chi connectivity index (χ2v) is 6.99. The number of hydrogen-bond donors (Lipinski definition) is 0. The Morgan fingerprint density at radius 1 is 1.16 bits per heavy atom. The number of hydrogen-bond acceptors (Lipinski definition) is 4. The molecule has 1 aliphatic rings. The Kier molecular flexibility index (Phi) is 4.17. The van der Waals surface area contributed by atoms with Crippen LogP contribution in [0.15, 0.2) is 51.7 Å². The van der Waals surface area contributed by atoms with Gasteiger partial charge >= 0.3 is 5.69 Å². The molecule has 0 unspecified atom stereocenters. The maximum atomic E-state index is 12.3. The number of benzene rings is 2. The van der Waals surface area contributed by atoms with Crippen LogP contribution in [0.3, 0.4) is 0 Å². The van der Waals surface area contributed by atoms with Gasteiger partial charge in [0.05, 0.1) is 10.2 Å². The van der Waals surface area contributed by atoms with Crippen LogP contribution in [0.1, 0.15) is 29.9 Å². The molecule has 0 spiro atoms. The predicted molar refractivity (Wildman–Crippen MR) is 97.0 cm³/mol. The maximum Gasteiger partial charge on any atom is 0.368 e. The van der Waals surface area contributed by atoms with Gasteiger partial charge in [-0.25, -0.2) is 4.79 Å². The topological polar surface area (TPSA) is 61.9 Å². The van der Waals surface area contributed by atoms with Gasteiger partial charge in [-0.15, -0.1) is 0 Å². The van der Waals surface area contributed by atoms with E-state index in [4.69, 9.17) is 4.74 Å². The highest BCUT2D eigenvalue weighted by molar-refractivity contribution is 9.10. The van der Waals surface area contributed by atoms with E-state index in [9.17, 15) is 4.79 Å². The van der Waals surface area contributed by atoms with E-state index in [1.807, 2.05) is 36.4 Å². The molecule has 1 heterocycles. The summed E-state index contributed by atoms with van der Waals surface area (Å²) in [5.74, 6) is 1.30. The Balaban J connectivity index is 1.75. The molecule has 0 N–H and O–H groups in total. The standard InChI is InChI=1S/C18H17BrN4O2/c1-22-18(24)23(21-20-22)16-7-4-5-13(12-9-10-12)14(16)11-25-17-8-3-2-6-15(17)19/h2-8,12H,9-11H2,1H3. The lowest BCUT2D eigenvalue weighted by atomic mass is 10.0. The first kappa shape index (κ1) is 16.1. The van der Waals surface area contributed by atoms with Gasteiger partial charge in [-0.3, -0.25) is 0 Å². The molecule has 4 rings (SSSR count). The van der Waals surface area contributed by atoms with E-state index in [2.05, 4.69) is 32.4 Å². The smallest absolute Gasteiger partial charge is 0.368 e. The number of ether oxygens (including phenoxy) is 1. The molecule has 25 heavy (non-hydrogen) atoms. The third-order valence-electron chi connectivity index (χ3n) is 4.36. The first-order valence-electron chi connectivity index (χ1n) is 8.13. The zero-order valence-corrected chi connectivity index (χ0v) is 15.3. The van der Waals surface area contributed by atoms with Crippen molar-refractivity contribution < 1.29 is 4.74 Å². The van der Waals surface area contributed by atoms with Crippen molar-refractivity contribution in [3.8, 4) is 11.4 Å². The highest BCUT2D eigenvalue weighted by Crippen LogP contribution is 2.43. The molecule has 1 aliphatic carbocycles. The molecule has 7 heteroatoms. The van der Waals surface area contributed by atoms with E-state index in [0.29, 0.717) is 12.5 Å². The van der Waals surface area contributed by atoms with E-state index in [1.165, 1.54) is 27.8 Å². The van der Waals surface area contributed by atoms with Crippen LogP contribution in [-0.4, -0.2) is 19.8 Å². The summed E-state index contributed by atoms with van der Waals surface area (Å²) in [5, 5.41) is 7.82. The molecule has 0 aliphatic heterocycles. The Morgan fingerprint density at radius 2 is 1.96 bits per heavy atom. The number of para-hydroxylation sites is 1. The monoisotopic (exact) mass is 400 g/mol. The molecule has 1 aromatic heterocycles. The molecule has 0 amide bonds. The minimum atomic E-state index is -0.268. The third-order valence-corrected chi connectivity index (χ3v) is 5.02. The van der Waals surface area contributed by atoms with Crippen molar-refractivity contribution in [2.75, 3.05) is 0 Å². The molecule has 128 valence electrons. The molecule has 1 fully saturated rings. The van der Waals surface area contributed by atoms with Gasteiger partial charge in [-0.2, -0.15) is 9.36 Å². The second-order valence-electron chi connectivity index (χ2n) is 6.14. The number of nitrogens with zero attached hydrogens (tertiary/aromatic N) is 4. The predicted octanol–water partition coefficient (Wildman–Crippen LogP) is 3.18. The van der Waals surface area contributed by atoms with Gasteiger partial charge in [-0.1, -0.05) is 24.3 Å². The molecule has 0 bridgehead atoms. The van der Waals surface area contributed by atoms with Crippen LogP contribution in [0.25, 0.3) is 5.69 Å². The molecular weight excluding hydrogens is 384 g/mol.